The average Bonchev–Trinajstić information content (AvgIpc) is 2.92. The Labute approximate surface area is 114 Å². The molecule has 2 rings (SSSR count). The third-order valence-electron chi connectivity index (χ3n) is 3.42. The fourth-order valence-corrected chi connectivity index (χ4v) is 2.39. The molecule has 1 aromatic carbocycles. The van der Waals surface area contributed by atoms with Gasteiger partial charge in [-0.2, -0.15) is 0 Å². The molecule has 4 heteroatoms. The summed E-state index contributed by atoms with van der Waals surface area (Å²) in [5.41, 5.74) is 0.656. The molecule has 0 heterocycles. The zero-order valence-corrected chi connectivity index (χ0v) is 11.6. The van der Waals surface area contributed by atoms with Crippen LogP contribution < -0.4 is 14.8 Å². The highest BCUT2D eigenvalue weighted by Gasteiger charge is 2.19. The molecule has 0 saturated heterocycles. The molecule has 1 fully saturated rings. The van der Waals surface area contributed by atoms with Crippen molar-refractivity contribution in [2.75, 3.05) is 20.7 Å². The highest BCUT2D eigenvalue weighted by molar-refractivity contribution is 5.98. The molecule has 1 saturated carbocycles. The van der Waals surface area contributed by atoms with Crippen molar-refractivity contribution in [3.05, 3.63) is 23.8 Å². The Bertz CT molecular complexity index is 439. The summed E-state index contributed by atoms with van der Waals surface area (Å²) in [5.74, 6) is 1.42. The van der Waals surface area contributed by atoms with Crippen LogP contribution in [-0.4, -0.2) is 32.6 Å². The highest BCUT2D eigenvalue weighted by atomic mass is 16.5. The maximum atomic E-state index is 11.9. The van der Waals surface area contributed by atoms with E-state index in [0.29, 0.717) is 23.6 Å². The number of benzene rings is 1. The standard InChI is InChI=1S/C15H21NO3/c1-16-10-13(17)11-7-8-14(18-2)15(9-11)19-12-5-3-4-6-12/h7-9,12,16H,3-6,10H2,1-2H3. The van der Waals surface area contributed by atoms with Crippen molar-refractivity contribution < 1.29 is 14.3 Å². The normalized spacial score (nSPS) is 15.5. The van der Waals surface area contributed by atoms with E-state index < -0.39 is 0 Å². The van der Waals surface area contributed by atoms with Crippen LogP contribution in [0.3, 0.4) is 0 Å². The topological polar surface area (TPSA) is 47.6 Å². The van der Waals surface area contributed by atoms with E-state index in [1.54, 1.807) is 32.4 Å². The Kier molecular flexibility index (Phi) is 4.80. The van der Waals surface area contributed by atoms with Gasteiger partial charge in [0.2, 0.25) is 0 Å². The van der Waals surface area contributed by atoms with Gasteiger partial charge in [-0.25, -0.2) is 0 Å². The molecule has 1 aliphatic carbocycles. The fraction of sp³-hybridized carbons (Fsp3) is 0.533. The number of hydrogen-bond acceptors (Lipinski definition) is 4. The molecule has 1 aliphatic rings. The molecular weight excluding hydrogens is 242 g/mol. The molecule has 0 radical (unpaired) electrons. The monoisotopic (exact) mass is 263 g/mol. The lowest BCUT2D eigenvalue weighted by molar-refractivity contribution is 0.0992. The summed E-state index contributed by atoms with van der Waals surface area (Å²) in [5, 5.41) is 2.87. The predicted octanol–water partition coefficient (Wildman–Crippen LogP) is 2.42. The molecule has 0 aromatic heterocycles. The van der Waals surface area contributed by atoms with Gasteiger partial charge in [-0.1, -0.05) is 0 Å². The Balaban J connectivity index is 2.17. The summed E-state index contributed by atoms with van der Waals surface area (Å²) in [6, 6.07) is 5.37. The van der Waals surface area contributed by atoms with Gasteiger partial charge in [0.05, 0.1) is 19.8 Å². The number of likely N-dealkylation sites (N-methyl/N-ethyl adjacent to an activating group) is 1. The maximum absolute atomic E-state index is 11.9. The number of nitrogens with one attached hydrogen (secondary N) is 1. The van der Waals surface area contributed by atoms with Gasteiger partial charge in [-0.05, 0) is 50.9 Å². The smallest absolute Gasteiger partial charge is 0.176 e. The zero-order chi connectivity index (χ0) is 13.7. The molecular formula is C15H21NO3. The van der Waals surface area contributed by atoms with Gasteiger partial charge in [-0.3, -0.25) is 4.79 Å². The van der Waals surface area contributed by atoms with Crippen LogP contribution in [0.15, 0.2) is 18.2 Å². The first-order chi connectivity index (χ1) is 9.24. The third-order valence-corrected chi connectivity index (χ3v) is 3.42. The van der Waals surface area contributed by atoms with E-state index >= 15 is 0 Å². The van der Waals surface area contributed by atoms with Crippen LogP contribution in [0.5, 0.6) is 11.5 Å². The van der Waals surface area contributed by atoms with Crippen molar-refractivity contribution in [2.24, 2.45) is 0 Å². The number of carbonyl (C=O) groups excluding carboxylic acids is 1. The van der Waals surface area contributed by atoms with E-state index in [1.165, 1.54) is 12.8 Å². The van der Waals surface area contributed by atoms with E-state index in [1.807, 2.05) is 0 Å². The number of methoxy groups -OCH3 is 1. The van der Waals surface area contributed by atoms with Gasteiger partial charge < -0.3 is 14.8 Å². The van der Waals surface area contributed by atoms with E-state index in [9.17, 15) is 4.79 Å². The van der Waals surface area contributed by atoms with Crippen molar-refractivity contribution >= 4 is 5.78 Å². The van der Waals surface area contributed by atoms with Crippen LogP contribution in [0.25, 0.3) is 0 Å². The van der Waals surface area contributed by atoms with E-state index in [-0.39, 0.29) is 11.9 Å². The molecule has 0 atom stereocenters. The second kappa shape index (κ2) is 6.57. The average molecular weight is 263 g/mol. The van der Waals surface area contributed by atoms with Crippen molar-refractivity contribution in [1.29, 1.82) is 0 Å². The lowest BCUT2D eigenvalue weighted by atomic mass is 10.1. The molecule has 0 unspecified atom stereocenters. The SMILES string of the molecule is CNCC(=O)c1ccc(OC)c(OC2CCCC2)c1. The van der Waals surface area contributed by atoms with Crippen molar-refractivity contribution in [2.45, 2.75) is 31.8 Å². The van der Waals surface area contributed by atoms with Crippen LogP contribution in [0.2, 0.25) is 0 Å². The van der Waals surface area contributed by atoms with E-state index in [4.69, 9.17) is 9.47 Å². The molecule has 1 aromatic rings. The number of hydrogen-bond donors (Lipinski definition) is 1. The molecule has 0 spiro atoms. The molecule has 1 N–H and O–H groups in total. The maximum Gasteiger partial charge on any atom is 0.176 e. The van der Waals surface area contributed by atoms with E-state index in [2.05, 4.69) is 5.32 Å². The van der Waals surface area contributed by atoms with Gasteiger partial charge in [0.15, 0.2) is 17.3 Å². The second-order valence-corrected chi connectivity index (χ2v) is 4.84. The van der Waals surface area contributed by atoms with Crippen molar-refractivity contribution in [3.63, 3.8) is 0 Å². The number of Topliss-reactive ketones (excluding diaryl/α,β-unsaturated/α-hetero) is 1. The lowest BCUT2D eigenvalue weighted by Crippen LogP contribution is -2.19. The summed E-state index contributed by atoms with van der Waals surface area (Å²) >= 11 is 0. The first-order valence-corrected chi connectivity index (χ1v) is 6.77. The largest absolute Gasteiger partial charge is 0.493 e. The Morgan fingerprint density at radius 1 is 1.32 bits per heavy atom. The van der Waals surface area contributed by atoms with Gasteiger partial charge >= 0.3 is 0 Å². The summed E-state index contributed by atoms with van der Waals surface area (Å²) in [6.45, 7) is 0.329. The van der Waals surface area contributed by atoms with Gasteiger partial charge in [0.25, 0.3) is 0 Å². The summed E-state index contributed by atoms with van der Waals surface area (Å²) in [6.07, 6.45) is 4.84. The molecule has 104 valence electrons. The van der Waals surface area contributed by atoms with Crippen LogP contribution in [0, 0.1) is 0 Å². The Morgan fingerprint density at radius 2 is 2.05 bits per heavy atom. The number of carbonyl (C=O) groups is 1. The first kappa shape index (κ1) is 13.9. The minimum absolute atomic E-state index is 0.0569. The molecule has 19 heavy (non-hydrogen) atoms. The minimum Gasteiger partial charge on any atom is -0.493 e. The van der Waals surface area contributed by atoms with E-state index in [0.717, 1.165) is 12.8 Å². The molecule has 0 aliphatic heterocycles. The quantitative estimate of drug-likeness (QED) is 0.801. The van der Waals surface area contributed by atoms with Crippen molar-refractivity contribution in [1.82, 2.24) is 5.32 Å². The fourth-order valence-electron chi connectivity index (χ4n) is 2.39. The first-order valence-electron chi connectivity index (χ1n) is 6.77. The van der Waals surface area contributed by atoms with Gasteiger partial charge in [0, 0.05) is 5.56 Å². The summed E-state index contributed by atoms with van der Waals surface area (Å²) in [4.78, 5) is 11.9. The van der Waals surface area contributed by atoms with Gasteiger partial charge in [0.1, 0.15) is 0 Å². The zero-order valence-electron chi connectivity index (χ0n) is 11.6. The Morgan fingerprint density at radius 3 is 2.68 bits per heavy atom. The highest BCUT2D eigenvalue weighted by Crippen LogP contribution is 2.32. The van der Waals surface area contributed by atoms with Crippen molar-refractivity contribution in [3.8, 4) is 11.5 Å². The van der Waals surface area contributed by atoms with Gasteiger partial charge in [-0.15, -0.1) is 0 Å². The molecule has 0 amide bonds. The number of ketones is 1. The molecule has 0 bridgehead atoms. The van der Waals surface area contributed by atoms with Crippen LogP contribution in [0.4, 0.5) is 0 Å². The number of rotatable bonds is 6. The second-order valence-electron chi connectivity index (χ2n) is 4.84. The lowest BCUT2D eigenvalue weighted by Gasteiger charge is -2.16. The molecule has 4 nitrogen and oxygen atoms in total. The van der Waals surface area contributed by atoms with Crippen LogP contribution in [-0.2, 0) is 0 Å². The van der Waals surface area contributed by atoms with Crippen LogP contribution in [0.1, 0.15) is 36.0 Å². The minimum atomic E-state index is 0.0569. The third kappa shape index (κ3) is 3.47. The predicted molar refractivity (Wildman–Crippen MR) is 74.1 cm³/mol. The summed E-state index contributed by atoms with van der Waals surface area (Å²) in [7, 11) is 3.38. The summed E-state index contributed by atoms with van der Waals surface area (Å²) < 4.78 is 11.3. The Hall–Kier alpha value is -1.55. The number of ether oxygens (including phenoxy) is 2. The van der Waals surface area contributed by atoms with Crippen LogP contribution >= 0.6 is 0 Å².